The Morgan fingerprint density at radius 3 is 3.00 bits per heavy atom. The van der Waals surface area contributed by atoms with Crippen molar-refractivity contribution in [3.05, 3.63) is 24.2 Å². The van der Waals surface area contributed by atoms with Crippen molar-refractivity contribution in [3.63, 3.8) is 0 Å². The van der Waals surface area contributed by atoms with E-state index in [1.54, 1.807) is 6.26 Å². The summed E-state index contributed by atoms with van der Waals surface area (Å²) >= 11 is 0. The third-order valence-corrected chi connectivity index (χ3v) is 4.01. The van der Waals surface area contributed by atoms with E-state index in [0.29, 0.717) is 31.7 Å². The van der Waals surface area contributed by atoms with Gasteiger partial charge in [0.1, 0.15) is 12.4 Å². The molecule has 1 aliphatic rings. The molecule has 1 aromatic rings. The number of aliphatic hydroxyl groups excluding tert-OH is 1. The number of β-amino-alcohol motifs (C(OH)–C–C–N with tert-alkyl or cyclic N) is 1. The Morgan fingerprint density at radius 2 is 2.30 bits per heavy atom. The Labute approximate surface area is 121 Å². The average molecular weight is 281 g/mol. The first-order valence-electron chi connectivity index (χ1n) is 7.69. The van der Waals surface area contributed by atoms with Crippen LogP contribution in [0.25, 0.3) is 0 Å². The molecule has 0 saturated carbocycles. The fraction of sp³-hybridized carbons (Fsp3) is 0.750. The Morgan fingerprint density at radius 1 is 1.45 bits per heavy atom. The van der Waals surface area contributed by atoms with Crippen LogP contribution < -0.4 is 0 Å². The molecule has 0 radical (unpaired) electrons. The van der Waals surface area contributed by atoms with Crippen LogP contribution in [0.1, 0.15) is 38.9 Å². The van der Waals surface area contributed by atoms with Crippen LogP contribution in [-0.4, -0.2) is 41.8 Å². The highest BCUT2D eigenvalue weighted by Crippen LogP contribution is 2.23. The van der Waals surface area contributed by atoms with Crippen molar-refractivity contribution in [1.82, 2.24) is 4.90 Å². The molecular weight excluding hydrogens is 254 g/mol. The number of piperidine rings is 1. The first-order valence-corrected chi connectivity index (χ1v) is 7.69. The lowest BCUT2D eigenvalue weighted by Gasteiger charge is -2.39. The van der Waals surface area contributed by atoms with Crippen LogP contribution in [0.2, 0.25) is 0 Å². The van der Waals surface area contributed by atoms with Gasteiger partial charge in [0, 0.05) is 12.6 Å². The van der Waals surface area contributed by atoms with Crippen molar-refractivity contribution in [2.24, 2.45) is 5.92 Å². The van der Waals surface area contributed by atoms with E-state index in [1.807, 2.05) is 12.1 Å². The van der Waals surface area contributed by atoms with E-state index in [1.165, 1.54) is 19.3 Å². The van der Waals surface area contributed by atoms with Crippen LogP contribution in [0.3, 0.4) is 0 Å². The van der Waals surface area contributed by atoms with Crippen molar-refractivity contribution in [2.75, 3.05) is 19.7 Å². The van der Waals surface area contributed by atoms with Gasteiger partial charge in [-0.25, -0.2) is 0 Å². The van der Waals surface area contributed by atoms with Gasteiger partial charge in [-0.1, -0.05) is 20.3 Å². The minimum Gasteiger partial charge on any atom is -0.467 e. The SMILES string of the molecule is CC(C)C1CCCCN1CC(O)COCc1ccco1. The number of ether oxygens (including phenoxy) is 1. The van der Waals surface area contributed by atoms with E-state index in [9.17, 15) is 5.11 Å². The van der Waals surface area contributed by atoms with E-state index >= 15 is 0 Å². The monoisotopic (exact) mass is 281 g/mol. The molecule has 2 heterocycles. The largest absolute Gasteiger partial charge is 0.467 e. The number of furan rings is 1. The molecule has 0 bridgehead atoms. The van der Waals surface area contributed by atoms with Gasteiger partial charge >= 0.3 is 0 Å². The highest BCUT2D eigenvalue weighted by Gasteiger charge is 2.26. The minimum absolute atomic E-state index is 0.363. The fourth-order valence-corrected chi connectivity index (χ4v) is 3.01. The lowest BCUT2D eigenvalue weighted by Crippen LogP contribution is -2.47. The van der Waals surface area contributed by atoms with Gasteiger partial charge in [0.25, 0.3) is 0 Å². The van der Waals surface area contributed by atoms with Crippen molar-refractivity contribution in [1.29, 1.82) is 0 Å². The zero-order chi connectivity index (χ0) is 14.4. The molecule has 20 heavy (non-hydrogen) atoms. The van der Waals surface area contributed by atoms with E-state index in [-0.39, 0.29) is 0 Å². The Kier molecular flexibility index (Phi) is 6.07. The van der Waals surface area contributed by atoms with Crippen LogP contribution in [0.15, 0.2) is 22.8 Å². The number of hydrogen-bond donors (Lipinski definition) is 1. The number of hydrogen-bond acceptors (Lipinski definition) is 4. The molecule has 4 heteroatoms. The molecule has 1 N–H and O–H groups in total. The van der Waals surface area contributed by atoms with Crippen LogP contribution in [0.5, 0.6) is 0 Å². The molecule has 1 fully saturated rings. The van der Waals surface area contributed by atoms with E-state index in [0.717, 1.165) is 12.3 Å². The smallest absolute Gasteiger partial charge is 0.129 e. The zero-order valence-electron chi connectivity index (χ0n) is 12.6. The summed E-state index contributed by atoms with van der Waals surface area (Å²) < 4.78 is 10.7. The quantitative estimate of drug-likeness (QED) is 0.834. The molecule has 0 spiro atoms. The number of nitrogens with zero attached hydrogens (tertiary/aromatic N) is 1. The summed E-state index contributed by atoms with van der Waals surface area (Å²) in [4.78, 5) is 2.43. The van der Waals surface area contributed by atoms with Gasteiger partial charge in [-0.15, -0.1) is 0 Å². The van der Waals surface area contributed by atoms with Gasteiger partial charge in [-0.05, 0) is 37.4 Å². The van der Waals surface area contributed by atoms with Crippen LogP contribution >= 0.6 is 0 Å². The summed E-state index contributed by atoms with van der Waals surface area (Å²) in [6.07, 6.45) is 5.01. The standard InChI is InChI=1S/C16H27NO3/c1-13(2)16-7-3-4-8-17(16)10-14(18)11-19-12-15-6-5-9-20-15/h5-6,9,13-14,16,18H,3-4,7-8,10-12H2,1-2H3. The van der Waals surface area contributed by atoms with Crippen molar-refractivity contribution in [3.8, 4) is 0 Å². The van der Waals surface area contributed by atoms with E-state index < -0.39 is 6.10 Å². The predicted molar refractivity (Wildman–Crippen MR) is 78.4 cm³/mol. The molecule has 0 aliphatic carbocycles. The highest BCUT2D eigenvalue weighted by molar-refractivity contribution is 4.96. The molecule has 4 nitrogen and oxygen atoms in total. The molecule has 2 atom stereocenters. The minimum atomic E-state index is -0.427. The second kappa shape index (κ2) is 7.81. The molecule has 2 rings (SSSR count). The summed E-state index contributed by atoms with van der Waals surface area (Å²) in [6, 6.07) is 4.32. The molecular formula is C16H27NO3. The molecule has 2 unspecified atom stereocenters. The van der Waals surface area contributed by atoms with Gasteiger partial charge in [-0.3, -0.25) is 4.90 Å². The zero-order valence-corrected chi connectivity index (χ0v) is 12.6. The first kappa shape index (κ1) is 15.5. The van der Waals surface area contributed by atoms with Gasteiger partial charge in [0.15, 0.2) is 0 Å². The van der Waals surface area contributed by atoms with Crippen molar-refractivity contribution >= 4 is 0 Å². The Hall–Kier alpha value is -0.840. The third kappa shape index (κ3) is 4.62. The summed E-state index contributed by atoms with van der Waals surface area (Å²) in [6.45, 7) is 7.13. The molecule has 1 aromatic heterocycles. The fourth-order valence-electron chi connectivity index (χ4n) is 3.01. The van der Waals surface area contributed by atoms with Crippen molar-refractivity contribution in [2.45, 2.75) is 51.9 Å². The first-order chi connectivity index (χ1) is 9.66. The maximum atomic E-state index is 10.1. The molecule has 0 amide bonds. The normalized spacial score (nSPS) is 22.3. The van der Waals surface area contributed by atoms with E-state index in [4.69, 9.17) is 9.15 Å². The van der Waals surface area contributed by atoms with Crippen LogP contribution in [0, 0.1) is 5.92 Å². The van der Waals surface area contributed by atoms with Crippen LogP contribution in [-0.2, 0) is 11.3 Å². The number of rotatable bonds is 7. The van der Waals surface area contributed by atoms with Gasteiger partial charge in [0.2, 0.25) is 0 Å². The lowest BCUT2D eigenvalue weighted by atomic mass is 9.92. The Bertz CT molecular complexity index is 364. The third-order valence-electron chi connectivity index (χ3n) is 4.01. The lowest BCUT2D eigenvalue weighted by molar-refractivity contribution is -0.0124. The maximum Gasteiger partial charge on any atom is 0.129 e. The van der Waals surface area contributed by atoms with Gasteiger partial charge in [0.05, 0.1) is 19.0 Å². The summed E-state index contributed by atoms with van der Waals surface area (Å²) in [5.74, 6) is 1.45. The second-order valence-electron chi connectivity index (χ2n) is 6.05. The van der Waals surface area contributed by atoms with Crippen LogP contribution in [0.4, 0.5) is 0 Å². The van der Waals surface area contributed by atoms with E-state index in [2.05, 4.69) is 18.7 Å². The molecule has 1 saturated heterocycles. The average Bonchev–Trinajstić information content (AvgIpc) is 2.92. The molecule has 1 aliphatic heterocycles. The highest BCUT2D eigenvalue weighted by atomic mass is 16.5. The topological polar surface area (TPSA) is 45.8 Å². The van der Waals surface area contributed by atoms with Crippen molar-refractivity contribution < 1.29 is 14.3 Å². The second-order valence-corrected chi connectivity index (χ2v) is 6.05. The predicted octanol–water partition coefficient (Wildman–Crippen LogP) is 2.67. The van der Waals surface area contributed by atoms with Gasteiger partial charge < -0.3 is 14.3 Å². The summed E-state index contributed by atoms with van der Waals surface area (Å²) in [7, 11) is 0. The molecule has 114 valence electrons. The number of likely N-dealkylation sites (tertiary alicyclic amines) is 1. The summed E-state index contributed by atoms with van der Waals surface area (Å²) in [5, 5.41) is 10.1. The number of aliphatic hydroxyl groups is 1. The summed E-state index contributed by atoms with van der Waals surface area (Å²) in [5.41, 5.74) is 0. The van der Waals surface area contributed by atoms with Gasteiger partial charge in [-0.2, -0.15) is 0 Å². The Balaban J connectivity index is 1.70. The molecule has 0 aromatic carbocycles. The maximum absolute atomic E-state index is 10.1.